The van der Waals surface area contributed by atoms with Gasteiger partial charge in [0.15, 0.2) is 0 Å². The molecule has 0 unspecified atom stereocenters. The van der Waals surface area contributed by atoms with Crippen LogP contribution in [0.2, 0.25) is 0 Å². The third-order valence-corrected chi connectivity index (χ3v) is 3.42. The second-order valence-electron chi connectivity index (χ2n) is 4.78. The van der Waals surface area contributed by atoms with Crippen molar-refractivity contribution >= 4 is 11.9 Å². The van der Waals surface area contributed by atoms with Gasteiger partial charge in [0.25, 0.3) is 0 Å². The van der Waals surface area contributed by atoms with Gasteiger partial charge in [-0.1, -0.05) is 0 Å². The number of amides is 3. The standard InChI is InChI=1S/C11H20N4O2/c1-2-13-11(17)14-10(16)7-15-5-8-3-12-4-9(8)6-15/h8-9,12H,2-7H2,1H3,(H2,13,14,16,17)/t8-,9+. The summed E-state index contributed by atoms with van der Waals surface area (Å²) in [5.41, 5.74) is 0. The highest BCUT2D eigenvalue weighted by Gasteiger charge is 2.36. The Morgan fingerprint density at radius 3 is 2.53 bits per heavy atom. The SMILES string of the molecule is CCNC(=O)NC(=O)CN1C[C@H]2CNC[C@H]2C1. The van der Waals surface area contributed by atoms with Crippen LogP contribution in [0.4, 0.5) is 4.79 Å². The lowest BCUT2D eigenvalue weighted by molar-refractivity contribution is -0.121. The summed E-state index contributed by atoms with van der Waals surface area (Å²) in [6, 6.07) is -0.404. The Bertz CT molecular complexity index is 296. The molecule has 2 aliphatic heterocycles. The third kappa shape index (κ3) is 3.17. The Kier molecular flexibility index (Phi) is 3.96. The number of hydrogen-bond donors (Lipinski definition) is 3. The van der Waals surface area contributed by atoms with Crippen LogP contribution < -0.4 is 16.0 Å². The fraction of sp³-hybridized carbons (Fsp3) is 0.818. The second kappa shape index (κ2) is 5.46. The quantitative estimate of drug-likeness (QED) is 0.590. The van der Waals surface area contributed by atoms with E-state index < -0.39 is 6.03 Å². The molecule has 2 aliphatic rings. The summed E-state index contributed by atoms with van der Waals surface area (Å²) in [4.78, 5) is 24.9. The van der Waals surface area contributed by atoms with Gasteiger partial charge in [-0.15, -0.1) is 0 Å². The summed E-state index contributed by atoms with van der Waals surface area (Å²) >= 11 is 0. The maximum absolute atomic E-state index is 11.6. The molecule has 6 heteroatoms. The Hall–Kier alpha value is -1.14. The number of hydrogen-bond acceptors (Lipinski definition) is 4. The van der Waals surface area contributed by atoms with Crippen LogP contribution in [-0.4, -0.2) is 56.1 Å². The minimum absolute atomic E-state index is 0.219. The summed E-state index contributed by atoms with van der Waals surface area (Å²) < 4.78 is 0. The van der Waals surface area contributed by atoms with E-state index in [1.54, 1.807) is 0 Å². The Labute approximate surface area is 101 Å². The van der Waals surface area contributed by atoms with E-state index >= 15 is 0 Å². The second-order valence-corrected chi connectivity index (χ2v) is 4.78. The van der Waals surface area contributed by atoms with Crippen molar-refractivity contribution in [1.29, 1.82) is 0 Å². The normalized spacial score (nSPS) is 27.8. The van der Waals surface area contributed by atoms with E-state index in [9.17, 15) is 9.59 Å². The van der Waals surface area contributed by atoms with E-state index in [0.717, 1.165) is 26.2 Å². The molecule has 0 aromatic rings. The van der Waals surface area contributed by atoms with E-state index in [4.69, 9.17) is 0 Å². The molecular formula is C11H20N4O2. The van der Waals surface area contributed by atoms with E-state index in [1.807, 2.05) is 6.92 Å². The summed E-state index contributed by atoms with van der Waals surface area (Å²) in [6.45, 7) is 6.70. The van der Waals surface area contributed by atoms with Gasteiger partial charge in [0.05, 0.1) is 6.54 Å². The van der Waals surface area contributed by atoms with Gasteiger partial charge in [-0.2, -0.15) is 0 Å². The first-order chi connectivity index (χ1) is 8.19. The first-order valence-electron chi connectivity index (χ1n) is 6.19. The molecule has 0 spiro atoms. The number of nitrogens with zero attached hydrogens (tertiary/aromatic N) is 1. The van der Waals surface area contributed by atoms with Crippen LogP contribution in [0.1, 0.15) is 6.92 Å². The van der Waals surface area contributed by atoms with E-state index in [1.165, 1.54) is 0 Å². The Morgan fingerprint density at radius 1 is 1.29 bits per heavy atom. The molecule has 2 fully saturated rings. The zero-order chi connectivity index (χ0) is 12.3. The van der Waals surface area contributed by atoms with Gasteiger partial charge in [-0.05, 0) is 31.8 Å². The fourth-order valence-corrected chi connectivity index (χ4v) is 2.66. The summed E-state index contributed by atoms with van der Waals surface area (Å²) in [5.74, 6) is 1.13. The molecule has 2 heterocycles. The predicted molar refractivity (Wildman–Crippen MR) is 63.5 cm³/mol. The van der Waals surface area contributed by atoms with Crippen LogP contribution in [0.3, 0.4) is 0 Å². The van der Waals surface area contributed by atoms with Crippen molar-refractivity contribution in [2.75, 3.05) is 39.3 Å². The predicted octanol–water partition coefficient (Wildman–Crippen LogP) is -1.02. The van der Waals surface area contributed by atoms with E-state index in [2.05, 4.69) is 20.9 Å². The van der Waals surface area contributed by atoms with Crippen molar-refractivity contribution in [3.05, 3.63) is 0 Å². The lowest BCUT2D eigenvalue weighted by Crippen LogP contribution is -2.44. The van der Waals surface area contributed by atoms with Crippen molar-refractivity contribution < 1.29 is 9.59 Å². The number of carbonyl (C=O) groups excluding carboxylic acids is 2. The van der Waals surface area contributed by atoms with Crippen LogP contribution in [0.5, 0.6) is 0 Å². The molecule has 96 valence electrons. The average molecular weight is 240 g/mol. The molecule has 2 atom stereocenters. The van der Waals surface area contributed by atoms with Crippen LogP contribution in [0.25, 0.3) is 0 Å². The summed E-state index contributed by atoms with van der Waals surface area (Å²) in [6.07, 6.45) is 0. The number of fused-ring (bicyclic) bond motifs is 1. The zero-order valence-corrected chi connectivity index (χ0v) is 10.2. The first kappa shape index (κ1) is 12.3. The number of nitrogens with one attached hydrogen (secondary N) is 3. The monoisotopic (exact) mass is 240 g/mol. The molecule has 17 heavy (non-hydrogen) atoms. The van der Waals surface area contributed by atoms with Gasteiger partial charge in [-0.3, -0.25) is 15.0 Å². The number of likely N-dealkylation sites (tertiary alicyclic amines) is 1. The van der Waals surface area contributed by atoms with E-state index in [-0.39, 0.29) is 5.91 Å². The van der Waals surface area contributed by atoms with Gasteiger partial charge in [-0.25, -0.2) is 4.79 Å². The highest BCUT2D eigenvalue weighted by molar-refractivity contribution is 5.95. The van der Waals surface area contributed by atoms with Crippen molar-refractivity contribution in [2.45, 2.75) is 6.92 Å². The topological polar surface area (TPSA) is 73.5 Å². The molecular weight excluding hydrogens is 220 g/mol. The first-order valence-corrected chi connectivity index (χ1v) is 6.19. The van der Waals surface area contributed by atoms with Gasteiger partial charge >= 0.3 is 6.03 Å². The molecule has 0 aromatic heterocycles. The van der Waals surface area contributed by atoms with Crippen molar-refractivity contribution in [2.24, 2.45) is 11.8 Å². The number of rotatable bonds is 3. The maximum atomic E-state index is 11.6. The summed E-state index contributed by atoms with van der Waals surface area (Å²) in [5, 5.41) is 8.22. The maximum Gasteiger partial charge on any atom is 0.321 e. The molecule has 2 saturated heterocycles. The molecule has 3 N–H and O–H groups in total. The Balaban J connectivity index is 1.71. The van der Waals surface area contributed by atoms with Crippen molar-refractivity contribution in [3.63, 3.8) is 0 Å². The minimum atomic E-state index is -0.404. The van der Waals surface area contributed by atoms with Crippen LogP contribution in [0, 0.1) is 11.8 Å². The average Bonchev–Trinajstić information content (AvgIpc) is 2.77. The largest absolute Gasteiger partial charge is 0.338 e. The molecule has 2 rings (SSSR count). The van der Waals surface area contributed by atoms with Crippen LogP contribution >= 0.6 is 0 Å². The number of imide groups is 1. The lowest BCUT2D eigenvalue weighted by atomic mass is 10.0. The molecule has 0 bridgehead atoms. The van der Waals surface area contributed by atoms with Crippen LogP contribution in [-0.2, 0) is 4.79 Å². The van der Waals surface area contributed by atoms with Crippen LogP contribution in [0.15, 0.2) is 0 Å². The Morgan fingerprint density at radius 2 is 1.94 bits per heavy atom. The molecule has 3 amide bonds. The molecule has 0 aromatic carbocycles. The molecule has 6 nitrogen and oxygen atoms in total. The highest BCUT2D eigenvalue weighted by Crippen LogP contribution is 2.25. The smallest absolute Gasteiger partial charge is 0.321 e. The minimum Gasteiger partial charge on any atom is -0.338 e. The van der Waals surface area contributed by atoms with Gasteiger partial charge in [0.1, 0.15) is 0 Å². The number of carbonyl (C=O) groups is 2. The summed E-state index contributed by atoms with van der Waals surface area (Å²) in [7, 11) is 0. The fourth-order valence-electron chi connectivity index (χ4n) is 2.66. The molecule has 0 saturated carbocycles. The van der Waals surface area contributed by atoms with Crippen molar-refractivity contribution in [3.8, 4) is 0 Å². The van der Waals surface area contributed by atoms with Crippen molar-refractivity contribution in [1.82, 2.24) is 20.9 Å². The molecule has 0 radical (unpaired) electrons. The number of urea groups is 1. The lowest BCUT2D eigenvalue weighted by Gasteiger charge is -2.15. The van der Waals surface area contributed by atoms with Gasteiger partial charge in [0.2, 0.25) is 5.91 Å². The molecule has 0 aliphatic carbocycles. The van der Waals surface area contributed by atoms with Gasteiger partial charge < -0.3 is 10.6 Å². The van der Waals surface area contributed by atoms with Gasteiger partial charge in [0, 0.05) is 19.6 Å². The third-order valence-electron chi connectivity index (χ3n) is 3.42. The zero-order valence-electron chi connectivity index (χ0n) is 10.2. The van der Waals surface area contributed by atoms with E-state index in [0.29, 0.717) is 24.9 Å². The highest BCUT2D eigenvalue weighted by atomic mass is 16.2.